The number of nitrogens with zero attached hydrogens (tertiary/aromatic N) is 1. The summed E-state index contributed by atoms with van der Waals surface area (Å²) in [7, 11) is 0. The molecule has 0 saturated carbocycles. The van der Waals surface area contributed by atoms with E-state index in [-0.39, 0.29) is 0 Å². The molecule has 12 aromatic rings. The lowest BCUT2D eigenvalue weighted by molar-refractivity contribution is 0.633. The van der Waals surface area contributed by atoms with Crippen molar-refractivity contribution in [2.45, 2.75) is 10.8 Å². The van der Waals surface area contributed by atoms with Gasteiger partial charge in [-0.2, -0.15) is 0 Å². The molecule has 0 fully saturated rings. The second kappa shape index (κ2) is 14.4. The summed E-state index contributed by atoms with van der Waals surface area (Å²) in [6, 6.07) is 98.1. The van der Waals surface area contributed by atoms with Crippen LogP contribution in [0.15, 0.2) is 261 Å². The zero-order chi connectivity index (χ0) is 45.3. The van der Waals surface area contributed by atoms with Crippen LogP contribution in [0.5, 0.6) is 0 Å². The third-order valence-corrected chi connectivity index (χ3v) is 15.9. The molecule has 0 N–H and O–H groups in total. The highest BCUT2D eigenvalue weighted by Gasteiger charge is 2.59. The van der Waals surface area contributed by atoms with E-state index in [1.54, 1.807) is 0 Å². The van der Waals surface area contributed by atoms with Crippen LogP contribution in [0.2, 0.25) is 0 Å². The zero-order valence-electron chi connectivity index (χ0n) is 37.8. The smallest absolute Gasteiger partial charge is 0.0726 e. The Balaban J connectivity index is 0.941. The lowest BCUT2D eigenvalue weighted by Gasteiger charge is -2.49. The highest BCUT2D eigenvalue weighted by atomic mass is 15.0. The summed E-state index contributed by atoms with van der Waals surface area (Å²) in [5.41, 5.74) is 25.8. The average Bonchev–Trinajstić information content (AvgIpc) is 4.03. The lowest BCUT2D eigenvalue weighted by Crippen LogP contribution is -2.44. The second-order valence-corrected chi connectivity index (χ2v) is 19.0. The van der Waals surface area contributed by atoms with Gasteiger partial charge in [-0.3, -0.25) is 0 Å². The Morgan fingerprint density at radius 3 is 1.35 bits per heavy atom. The number of para-hydroxylation sites is 1. The summed E-state index contributed by atoms with van der Waals surface area (Å²) in [5.74, 6) is 0. The quantitative estimate of drug-likeness (QED) is 0.166. The van der Waals surface area contributed by atoms with Crippen molar-refractivity contribution in [1.82, 2.24) is 4.57 Å². The molecule has 11 aromatic carbocycles. The van der Waals surface area contributed by atoms with Crippen molar-refractivity contribution in [1.29, 1.82) is 0 Å². The molecule has 320 valence electrons. The standard InChI is InChI=1S/C68H43N/c1-2-19-44(20-3-1)46-22-17-24-49(42-46)69-64-38-15-7-28-54(64)56-43-47(39-40-65(56)69)45-21-16-23-48(41-45)50-29-18-30-55-53-27-6-10-33-59(53)68(66(50)55)62-36-13-11-34-60(62)67(61-35-12-14-37-63(61)68)57-31-8-4-25-51(57)52-26-5-9-32-58(52)67/h1-43H. The predicted octanol–water partition coefficient (Wildman–Crippen LogP) is 16.8. The number of benzene rings is 11. The zero-order valence-corrected chi connectivity index (χ0v) is 37.8. The van der Waals surface area contributed by atoms with Crippen LogP contribution in [0.4, 0.5) is 0 Å². The van der Waals surface area contributed by atoms with Crippen LogP contribution in [0.1, 0.15) is 44.5 Å². The van der Waals surface area contributed by atoms with Crippen LogP contribution >= 0.6 is 0 Å². The van der Waals surface area contributed by atoms with Gasteiger partial charge in [-0.05, 0) is 137 Å². The molecule has 0 aliphatic heterocycles. The molecule has 1 heteroatoms. The molecular weight excluding hydrogens is 831 g/mol. The first-order chi connectivity index (χ1) is 34.2. The predicted molar refractivity (Wildman–Crippen MR) is 285 cm³/mol. The van der Waals surface area contributed by atoms with E-state index in [0.29, 0.717) is 0 Å². The van der Waals surface area contributed by atoms with Crippen molar-refractivity contribution in [3.63, 3.8) is 0 Å². The van der Waals surface area contributed by atoms with E-state index in [2.05, 4.69) is 265 Å². The van der Waals surface area contributed by atoms with Gasteiger partial charge >= 0.3 is 0 Å². The summed E-state index contributed by atoms with van der Waals surface area (Å²) < 4.78 is 2.43. The van der Waals surface area contributed by atoms with Gasteiger partial charge in [0.25, 0.3) is 0 Å². The minimum absolute atomic E-state index is 0.482. The van der Waals surface area contributed by atoms with Crippen molar-refractivity contribution >= 4 is 21.8 Å². The monoisotopic (exact) mass is 873 g/mol. The Morgan fingerprint density at radius 2 is 0.667 bits per heavy atom. The Bertz CT molecular complexity index is 4000. The number of aromatic nitrogens is 1. The Morgan fingerprint density at radius 1 is 0.232 bits per heavy atom. The van der Waals surface area contributed by atoms with Crippen molar-refractivity contribution in [3.05, 3.63) is 305 Å². The van der Waals surface area contributed by atoms with Gasteiger partial charge in [-0.15, -0.1) is 0 Å². The van der Waals surface area contributed by atoms with Crippen LogP contribution in [-0.4, -0.2) is 4.57 Å². The molecule has 3 aliphatic rings. The van der Waals surface area contributed by atoms with E-state index in [1.807, 2.05) is 0 Å². The normalized spacial score (nSPS) is 14.0. The van der Waals surface area contributed by atoms with Gasteiger partial charge in [-0.25, -0.2) is 0 Å². The molecule has 0 radical (unpaired) electrons. The molecule has 3 aliphatic carbocycles. The first kappa shape index (κ1) is 38.3. The molecule has 0 unspecified atom stereocenters. The summed E-state index contributed by atoms with van der Waals surface area (Å²) >= 11 is 0. The molecular formula is C68H43N. The molecule has 1 heterocycles. The maximum absolute atomic E-state index is 2.44. The first-order valence-electron chi connectivity index (χ1n) is 24.2. The van der Waals surface area contributed by atoms with Gasteiger partial charge < -0.3 is 4.57 Å². The highest BCUT2D eigenvalue weighted by molar-refractivity contribution is 6.10. The summed E-state index contributed by atoms with van der Waals surface area (Å²) in [6.45, 7) is 0. The molecule has 15 rings (SSSR count). The van der Waals surface area contributed by atoms with Crippen LogP contribution in [0.3, 0.4) is 0 Å². The second-order valence-electron chi connectivity index (χ2n) is 19.0. The molecule has 0 bridgehead atoms. The van der Waals surface area contributed by atoms with Gasteiger partial charge in [0.15, 0.2) is 0 Å². The third-order valence-electron chi connectivity index (χ3n) is 15.9. The van der Waals surface area contributed by atoms with Crippen molar-refractivity contribution in [2.24, 2.45) is 0 Å². The summed E-state index contributed by atoms with van der Waals surface area (Å²) in [4.78, 5) is 0. The fourth-order valence-corrected chi connectivity index (χ4v) is 13.3. The Labute approximate surface area is 401 Å². The van der Waals surface area contributed by atoms with E-state index >= 15 is 0 Å². The maximum Gasteiger partial charge on any atom is 0.0726 e. The summed E-state index contributed by atoms with van der Waals surface area (Å²) in [6.07, 6.45) is 0. The number of hydrogen-bond donors (Lipinski definition) is 0. The molecule has 0 atom stereocenters. The van der Waals surface area contributed by atoms with Crippen molar-refractivity contribution < 1.29 is 0 Å². The van der Waals surface area contributed by atoms with Gasteiger partial charge in [-0.1, -0.05) is 224 Å². The molecule has 1 nitrogen and oxygen atoms in total. The molecule has 2 spiro atoms. The third kappa shape index (κ3) is 5.04. The fourth-order valence-electron chi connectivity index (χ4n) is 13.3. The minimum atomic E-state index is -0.581. The van der Waals surface area contributed by atoms with E-state index in [1.165, 1.54) is 122 Å². The van der Waals surface area contributed by atoms with Crippen LogP contribution in [-0.2, 0) is 10.8 Å². The Kier molecular flexibility index (Phi) is 7.98. The molecule has 1 aromatic heterocycles. The summed E-state index contributed by atoms with van der Waals surface area (Å²) in [5, 5.41) is 2.49. The lowest BCUT2D eigenvalue weighted by atomic mass is 9.52. The Hall–Kier alpha value is -8.78. The van der Waals surface area contributed by atoms with Crippen molar-refractivity contribution in [3.8, 4) is 61.3 Å². The molecule has 0 saturated heterocycles. The number of fused-ring (bicyclic) bond motifs is 19. The molecule has 0 amide bonds. The first-order valence-corrected chi connectivity index (χ1v) is 24.2. The fraction of sp³-hybridized carbons (Fsp3) is 0.0294. The van der Waals surface area contributed by atoms with Gasteiger partial charge in [0.1, 0.15) is 0 Å². The van der Waals surface area contributed by atoms with Gasteiger partial charge in [0.05, 0.1) is 21.9 Å². The number of rotatable bonds is 4. The van der Waals surface area contributed by atoms with E-state index in [9.17, 15) is 0 Å². The molecule has 69 heavy (non-hydrogen) atoms. The van der Waals surface area contributed by atoms with Crippen LogP contribution < -0.4 is 0 Å². The maximum atomic E-state index is 2.44. The van der Waals surface area contributed by atoms with Crippen molar-refractivity contribution in [2.75, 3.05) is 0 Å². The minimum Gasteiger partial charge on any atom is -0.309 e. The average molecular weight is 874 g/mol. The van der Waals surface area contributed by atoms with Gasteiger partial charge in [0.2, 0.25) is 0 Å². The van der Waals surface area contributed by atoms with E-state index < -0.39 is 10.8 Å². The van der Waals surface area contributed by atoms with Crippen LogP contribution in [0.25, 0.3) is 83.1 Å². The highest BCUT2D eigenvalue weighted by Crippen LogP contribution is 2.68. The largest absolute Gasteiger partial charge is 0.309 e. The van der Waals surface area contributed by atoms with Gasteiger partial charge in [0, 0.05) is 16.5 Å². The topological polar surface area (TPSA) is 4.93 Å². The van der Waals surface area contributed by atoms with E-state index in [4.69, 9.17) is 0 Å². The SMILES string of the molecule is c1ccc(-c2cccc(-n3c4ccccc4c4cc(-c5cccc(-c6cccc7c6C6(c8ccccc8-7)c7ccccc7C7(c8ccccc8-c8ccccc87)c7ccccc76)c5)ccc43)c2)cc1. The number of hydrogen-bond acceptors (Lipinski definition) is 0. The van der Waals surface area contributed by atoms with Crippen LogP contribution in [0, 0.1) is 0 Å². The van der Waals surface area contributed by atoms with E-state index in [0.717, 1.165) is 5.69 Å².